The summed E-state index contributed by atoms with van der Waals surface area (Å²) >= 11 is 0. The topological polar surface area (TPSA) is 71.0 Å². The summed E-state index contributed by atoms with van der Waals surface area (Å²) in [4.78, 5) is 0. The van der Waals surface area contributed by atoms with Crippen molar-refractivity contribution in [3.8, 4) is 0 Å². The first-order valence-electron chi connectivity index (χ1n) is 15.2. The highest BCUT2D eigenvalue weighted by atomic mass is 19.2. The average molecular weight is 649 g/mol. The van der Waals surface area contributed by atoms with Gasteiger partial charge in [0.2, 0.25) is 5.90 Å². The zero-order valence-corrected chi connectivity index (χ0v) is 25.7. The molecule has 1 fully saturated rings. The van der Waals surface area contributed by atoms with Crippen LogP contribution in [0.1, 0.15) is 16.7 Å². The highest BCUT2D eigenvalue weighted by molar-refractivity contribution is 5.83. The van der Waals surface area contributed by atoms with E-state index in [1.165, 1.54) is 12.1 Å². The zero-order chi connectivity index (χ0) is 32.6. The number of methoxy groups -OCH3 is 1. The number of hydrazone groups is 1. The van der Waals surface area contributed by atoms with E-state index in [4.69, 9.17) is 28.4 Å². The molecular weight excluding hydrogens is 613 g/mol. The molecule has 2 aliphatic rings. The number of rotatable bonds is 13. The van der Waals surface area contributed by atoms with E-state index in [-0.39, 0.29) is 38.1 Å². The van der Waals surface area contributed by atoms with Gasteiger partial charge in [0.05, 0.1) is 38.0 Å². The third kappa shape index (κ3) is 8.01. The van der Waals surface area contributed by atoms with Crippen LogP contribution in [-0.4, -0.2) is 50.9 Å². The van der Waals surface area contributed by atoms with E-state index in [2.05, 4.69) is 5.10 Å². The lowest BCUT2D eigenvalue weighted by Gasteiger charge is -2.45. The molecule has 11 heteroatoms. The number of hydrogen-bond acceptors (Lipinski definition) is 8. The quantitative estimate of drug-likeness (QED) is 0.152. The highest BCUT2D eigenvalue weighted by Crippen LogP contribution is 2.36. The Labute approximate surface area is 271 Å². The molecule has 0 aromatic heterocycles. The second-order valence-electron chi connectivity index (χ2n) is 11.2. The molecule has 2 aliphatic heterocycles. The fourth-order valence-corrected chi connectivity index (χ4v) is 5.60. The monoisotopic (exact) mass is 648 g/mol. The Bertz CT molecular complexity index is 1590. The van der Waals surface area contributed by atoms with Gasteiger partial charge in [0, 0.05) is 19.2 Å². The lowest BCUT2D eigenvalue weighted by molar-refractivity contribution is -0.295. The minimum absolute atomic E-state index is 0.0157. The number of hydrogen-bond donors (Lipinski definition) is 0. The summed E-state index contributed by atoms with van der Waals surface area (Å²) in [6.45, 7) is 0.754. The van der Waals surface area contributed by atoms with Gasteiger partial charge in [-0.05, 0) is 16.7 Å². The van der Waals surface area contributed by atoms with Gasteiger partial charge in [-0.25, -0.2) is 18.2 Å². The largest absolute Gasteiger partial charge is 0.456 e. The van der Waals surface area contributed by atoms with E-state index in [1.807, 2.05) is 91.0 Å². The molecule has 0 bridgehead atoms. The molecule has 0 aliphatic carbocycles. The van der Waals surface area contributed by atoms with Crippen LogP contribution < -0.4 is 5.01 Å². The Balaban J connectivity index is 1.33. The van der Waals surface area contributed by atoms with Crippen molar-refractivity contribution in [2.45, 2.75) is 44.4 Å². The predicted molar refractivity (Wildman–Crippen MR) is 167 cm³/mol. The maximum atomic E-state index is 14.2. The number of benzene rings is 4. The molecule has 0 spiro atoms. The van der Waals surface area contributed by atoms with E-state index in [0.29, 0.717) is 6.61 Å². The summed E-state index contributed by atoms with van der Waals surface area (Å²) in [5.41, 5.74) is 2.83. The molecular formula is C36H35F3N2O6. The van der Waals surface area contributed by atoms with Crippen LogP contribution in [0.15, 0.2) is 108 Å². The van der Waals surface area contributed by atoms with E-state index in [0.717, 1.165) is 28.8 Å². The SMILES string of the molecule is CO[C@H]1O[C@H](COCc2ccccc2)[C@H](OCc2ccccc2)[C@H](C2=NN(c3cc(F)c(F)c(F)c3)CO2)[C@H]1OCc1ccccc1. The van der Waals surface area contributed by atoms with Crippen molar-refractivity contribution in [2.24, 2.45) is 11.0 Å². The first kappa shape index (κ1) is 32.7. The lowest BCUT2D eigenvalue weighted by Crippen LogP contribution is -2.60. The molecule has 6 rings (SSSR count). The molecule has 4 aromatic carbocycles. The molecule has 0 saturated carbocycles. The second kappa shape index (κ2) is 15.6. The predicted octanol–water partition coefficient (Wildman–Crippen LogP) is 6.59. The Morgan fingerprint density at radius 3 is 1.83 bits per heavy atom. The second-order valence-corrected chi connectivity index (χ2v) is 11.2. The van der Waals surface area contributed by atoms with E-state index in [1.54, 1.807) is 0 Å². The van der Waals surface area contributed by atoms with Crippen molar-refractivity contribution < 1.29 is 41.6 Å². The van der Waals surface area contributed by atoms with Crippen LogP contribution in [0.4, 0.5) is 18.9 Å². The fraction of sp³-hybridized carbons (Fsp3) is 0.306. The van der Waals surface area contributed by atoms with Crippen LogP contribution in [0.3, 0.4) is 0 Å². The molecule has 5 atom stereocenters. The summed E-state index contributed by atoms with van der Waals surface area (Å²) in [7, 11) is 1.52. The summed E-state index contributed by atoms with van der Waals surface area (Å²) in [5.74, 6) is -4.76. The summed E-state index contributed by atoms with van der Waals surface area (Å²) < 4.78 is 79.6. The van der Waals surface area contributed by atoms with Gasteiger partial charge in [-0.2, -0.15) is 0 Å². The maximum absolute atomic E-state index is 14.2. The molecule has 1 saturated heterocycles. The Morgan fingerprint density at radius 1 is 0.745 bits per heavy atom. The molecule has 2 heterocycles. The van der Waals surface area contributed by atoms with Gasteiger partial charge in [-0.15, -0.1) is 5.10 Å². The van der Waals surface area contributed by atoms with Crippen molar-refractivity contribution >= 4 is 11.6 Å². The van der Waals surface area contributed by atoms with Gasteiger partial charge >= 0.3 is 0 Å². The first-order valence-corrected chi connectivity index (χ1v) is 15.2. The van der Waals surface area contributed by atoms with Crippen LogP contribution in [0.5, 0.6) is 0 Å². The van der Waals surface area contributed by atoms with Gasteiger partial charge < -0.3 is 28.4 Å². The van der Waals surface area contributed by atoms with E-state index in [9.17, 15) is 13.2 Å². The summed E-state index contributed by atoms with van der Waals surface area (Å²) in [6, 6.07) is 30.8. The minimum atomic E-state index is -1.56. The average Bonchev–Trinajstić information content (AvgIpc) is 3.60. The highest BCUT2D eigenvalue weighted by Gasteiger charge is 2.52. The molecule has 0 N–H and O–H groups in total. The standard InChI is InChI=1S/C36H35F3N2O6/c1-42-36-34(45-21-26-15-9-4-10-16-26)31(35-40-41(23-46-35)27-17-28(37)32(39)29(38)18-27)33(44-20-25-13-7-3-8-14-25)30(47-36)22-43-19-24-11-5-2-6-12-24/h2-18,30-31,33-34,36H,19-23H2,1H3/t30-,31+,33+,34-,36+/m1/s1. The smallest absolute Gasteiger partial charge is 0.217 e. The minimum Gasteiger partial charge on any atom is -0.456 e. The van der Waals surface area contributed by atoms with Crippen LogP contribution in [0, 0.1) is 23.4 Å². The maximum Gasteiger partial charge on any atom is 0.217 e. The van der Waals surface area contributed by atoms with Crippen molar-refractivity contribution in [2.75, 3.05) is 25.5 Å². The molecule has 0 radical (unpaired) electrons. The zero-order valence-electron chi connectivity index (χ0n) is 25.7. The summed E-state index contributed by atoms with van der Waals surface area (Å²) in [6.07, 6.45) is -3.05. The van der Waals surface area contributed by atoms with Crippen molar-refractivity contribution in [1.82, 2.24) is 0 Å². The van der Waals surface area contributed by atoms with E-state index < -0.39 is 48.0 Å². The number of ether oxygens (including phenoxy) is 6. The number of anilines is 1. The normalized spacial score (nSPS) is 22.6. The molecule has 47 heavy (non-hydrogen) atoms. The molecule has 0 amide bonds. The fourth-order valence-electron chi connectivity index (χ4n) is 5.60. The van der Waals surface area contributed by atoms with Gasteiger partial charge in [-0.3, -0.25) is 0 Å². The van der Waals surface area contributed by atoms with Crippen LogP contribution in [-0.2, 0) is 48.2 Å². The van der Waals surface area contributed by atoms with Crippen LogP contribution in [0.2, 0.25) is 0 Å². The van der Waals surface area contributed by atoms with Crippen LogP contribution >= 0.6 is 0 Å². The van der Waals surface area contributed by atoms with Crippen molar-refractivity contribution in [3.05, 3.63) is 137 Å². The lowest BCUT2D eigenvalue weighted by atomic mass is 9.88. The Kier molecular flexibility index (Phi) is 10.8. The van der Waals surface area contributed by atoms with Crippen molar-refractivity contribution in [1.29, 1.82) is 0 Å². The molecule has 4 aromatic rings. The third-order valence-corrected chi connectivity index (χ3v) is 7.95. The van der Waals surface area contributed by atoms with Gasteiger partial charge in [-0.1, -0.05) is 91.0 Å². The molecule has 8 nitrogen and oxygen atoms in total. The Hall–Kier alpha value is -4.26. The van der Waals surface area contributed by atoms with Gasteiger partial charge in [0.25, 0.3) is 0 Å². The Morgan fingerprint density at radius 2 is 1.28 bits per heavy atom. The van der Waals surface area contributed by atoms with Gasteiger partial charge in [0.15, 0.2) is 30.5 Å². The third-order valence-electron chi connectivity index (χ3n) is 7.95. The molecule has 0 unspecified atom stereocenters. The van der Waals surface area contributed by atoms with E-state index >= 15 is 0 Å². The summed E-state index contributed by atoms with van der Waals surface area (Å²) in [5, 5.41) is 5.85. The van der Waals surface area contributed by atoms with Crippen LogP contribution in [0.25, 0.3) is 0 Å². The number of nitrogens with zero attached hydrogens (tertiary/aromatic N) is 2. The molecule has 246 valence electrons. The number of halogens is 3. The first-order chi connectivity index (χ1) is 23.0. The van der Waals surface area contributed by atoms with Gasteiger partial charge in [0.1, 0.15) is 18.3 Å². The van der Waals surface area contributed by atoms with Crippen molar-refractivity contribution in [3.63, 3.8) is 0 Å².